The Bertz CT molecular complexity index is 555. The number of carbonyl (C=O) groups excluding carboxylic acids is 1. The number of benzene rings is 1. The molecule has 1 aromatic rings. The van der Waals surface area contributed by atoms with Gasteiger partial charge in [-0.05, 0) is 37.5 Å². The van der Waals surface area contributed by atoms with E-state index in [1.807, 2.05) is 0 Å². The Morgan fingerprint density at radius 2 is 1.95 bits per heavy atom. The van der Waals surface area contributed by atoms with E-state index in [1.165, 1.54) is 6.07 Å². The van der Waals surface area contributed by atoms with E-state index in [4.69, 9.17) is 5.11 Å². The van der Waals surface area contributed by atoms with Gasteiger partial charge in [-0.15, -0.1) is 0 Å². The molecule has 0 bridgehead atoms. The molecule has 6 heteroatoms. The summed E-state index contributed by atoms with van der Waals surface area (Å²) in [7, 11) is 0. The number of rotatable bonds is 4. The molecule has 1 aliphatic rings. The van der Waals surface area contributed by atoms with Gasteiger partial charge in [0.2, 0.25) is 5.91 Å². The van der Waals surface area contributed by atoms with Crippen LogP contribution in [0.3, 0.4) is 0 Å². The lowest BCUT2D eigenvalue weighted by Crippen LogP contribution is -2.51. The molecule has 1 saturated carbocycles. The predicted molar refractivity (Wildman–Crippen MR) is 66.8 cm³/mol. The lowest BCUT2D eigenvalue weighted by atomic mass is 9.68. The van der Waals surface area contributed by atoms with Crippen molar-refractivity contribution in [2.24, 2.45) is 5.41 Å². The normalized spacial score (nSPS) is 17.9. The number of nitrogens with one attached hydrogen (secondary N) is 1. The van der Waals surface area contributed by atoms with Crippen LogP contribution in [0.25, 0.3) is 0 Å². The van der Waals surface area contributed by atoms with Crippen molar-refractivity contribution in [1.29, 1.82) is 0 Å². The van der Waals surface area contributed by atoms with E-state index < -0.39 is 35.0 Å². The zero-order chi connectivity index (χ0) is 14.9. The van der Waals surface area contributed by atoms with E-state index in [9.17, 15) is 18.4 Å². The standard InChI is InChI=1S/C14H15F2NO3/c1-8(9-3-4-10(15)11(16)7-9)17-12(18)14(13(19)20)5-2-6-14/h3-4,7-8H,2,5-6H2,1H3,(H,17,18)(H,19,20). The van der Waals surface area contributed by atoms with Gasteiger partial charge in [0.05, 0.1) is 6.04 Å². The molecule has 0 radical (unpaired) electrons. The maximum absolute atomic E-state index is 13.1. The molecule has 0 saturated heterocycles. The number of carboxylic acids is 1. The van der Waals surface area contributed by atoms with Crippen LogP contribution in [0.2, 0.25) is 0 Å². The summed E-state index contributed by atoms with van der Waals surface area (Å²) < 4.78 is 26.0. The average molecular weight is 283 g/mol. The van der Waals surface area contributed by atoms with Crippen molar-refractivity contribution in [2.75, 3.05) is 0 Å². The van der Waals surface area contributed by atoms with Crippen molar-refractivity contribution in [3.8, 4) is 0 Å². The smallest absolute Gasteiger partial charge is 0.319 e. The second kappa shape index (κ2) is 5.19. The Morgan fingerprint density at radius 1 is 1.30 bits per heavy atom. The third-order valence-corrected chi connectivity index (χ3v) is 3.84. The van der Waals surface area contributed by atoms with Crippen molar-refractivity contribution in [1.82, 2.24) is 5.32 Å². The van der Waals surface area contributed by atoms with Gasteiger partial charge in [0.1, 0.15) is 5.41 Å². The van der Waals surface area contributed by atoms with Crippen molar-refractivity contribution in [2.45, 2.75) is 32.2 Å². The fourth-order valence-electron chi connectivity index (χ4n) is 2.27. The van der Waals surface area contributed by atoms with E-state index in [0.717, 1.165) is 12.1 Å². The van der Waals surface area contributed by atoms with Gasteiger partial charge in [0.15, 0.2) is 11.6 Å². The summed E-state index contributed by atoms with van der Waals surface area (Å²) in [6, 6.07) is 2.74. The average Bonchev–Trinajstić information content (AvgIpc) is 2.30. The summed E-state index contributed by atoms with van der Waals surface area (Å²) in [5.74, 6) is -3.68. The maximum Gasteiger partial charge on any atom is 0.319 e. The summed E-state index contributed by atoms with van der Waals surface area (Å²) in [6.45, 7) is 1.60. The fraction of sp³-hybridized carbons (Fsp3) is 0.429. The number of carbonyl (C=O) groups is 2. The van der Waals surface area contributed by atoms with Crippen molar-refractivity contribution < 1.29 is 23.5 Å². The molecule has 20 heavy (non-hydrogen) atoms. The van der Waals surface area contributed by atoms with E-state index in [-0.39, 0.29) is 0 Å². The van der Waals surface area contributed by atoms with Gasteiger partial charge in [-0.2, -0.15) is 0 Å². The fourth-order valence-corrected chi connectivity index (χ4v) is 2.27. The van der Waals surface area contributed by atoms with Crippen LogP contribution in [0.15, 0.2) is 18.2 Å². The van der Waals surface area contributed by atoms with Crippen molar-refractivity contribution >= 4 is 11.9 Å². The summed E-state index contributed by atoms with van der Waals surface area (Å²) in [5.41, 5.74) is -0.982. The molecule has 4 nitrogen and oxygen atoms in total. The third-order valence-electron chi connectivity index (χ3n) is 3.84. The predicted octanol–water partition coefficient (Wildman–Crippen LogP) is 2.40. The lowest BCUT2D eigenvalue weighted by molar-refractivity contribution is -0.162. The first kappa shape index (κ1) is 14.4. The molecule has 1 aromatic carbocycles. The van der Waals surface area contributed by atoms with Gasteiger partial charge in [-0.1, -0.05) is 12.5 Å². The van der Waals surface area contributed by atoms with Crippen molar-refractivity contribution in [3.63, 3.8) is 0 Å². The van der Waals surface area contributed by atoms with Gasteiger partial charge in [0.25, 0.3) is 0 Å². The molecule has 108 valence electrons. The van der Waals surface area contributed by atoms with Crippen LogP contribution >= 0.6 is 0 Å². The van der Waals surface area contributed by atoms with Crippen LogP contribution in [0, 0.1) is 17.0 Å². The highest BCUT2D eigenvalue weighted by Crippen LogP contribution is 2.41. The van der Waals surface area contributed by atoms with Gasteiger partial charge >= 0.3 is 5.97 Å². The molecule has 0 aromatic heterocycles. The number of hydrogen-bond acceptors (Lipinski definition) is 2. The number of carboxylic acid groups (broad SMARTS) is 1. The molecule has 1 aliphatic carbocycles. The zero-order valence-corrected chi connectivity index (χ0v) is 11.0. The first-order chi connectivity index (χ1) is 9.36. The van der Waals surface area contributed by atoms with Gasteiger partial charge in [0, 0.05) is 0 Å². The largest absolute Gasteiger partial charge is 0.480 e. The van der Waals surface area contributed by atoms with Crippen LogP contribution in [0.1, 0.15) is 37.8 Å². The molecular weight excluding hydrogens is 268 g/mol. The van der Waals surface area contributed by atoms with E-state index in [0.29, 0.717) is 24.8 Å². The minimum Gasteiger partial charge on any atom is -0.480 e. The Balaban J connectivity index is 2.11. The van der Waals surface area contributed by atoms with Crippen molar-refractivity contribution in [3.05, 3.63) is 35.4 Å². The number of hydrogen-bond donors (Lipinski definition) is 2. The number of aliphatic carboxylic acids is 1. The minimum absolute atomic E-state index is 0.304. The van der Waals surface area contributed by atoms with E-state index in [1.54, 1.807) is 6.92 Å². The summed E-state index contributed by atoms with van der Waals surface area (Å²) in [4.78, 5) is 23.3. The second-order valence-corrected chi connectivity index (χ2v) is 5.11. The Labute approximate surface area is 114 Å². The minimum atomic E-state index is -1.37. The Morgan fingerprint density at radius 3 is 2.40 bits per heavy atom. The molecule has 2 N–H and O–H groups in total. The SMILES string of the molecule is CC(NC(=O)C1(C(=O)O)CCC1)c1ccc(F)c(F)c1. The number of halogens is 2. The molecule has 0 heterocycles. The molecule has 1 fully saturated rings. The van der Waals surface area contributed by atoms with Gasteiger partial charge < -0.3 is 10.4 Å². The summed E-state index contributed by atoms with van der Waals surface area (Å²) in [6.07, 6.45) is 1.30. The third kappa shape index (κ3) is 2.37. The molecule has 2 rings (SSSR count). The quantitative estimate of drug-likeness (QED) is 0.834. The summed E-state index contributed by atoms with van der Waals surface area (Å²) >= 11 is 0. The highest BCUT2D eigenvalue weighted by Gasteiger charge is 2.51. The monoisotopic (exact) mass is 283 g/mol. The highest BCUT2D eigenvalue weighted by molar-refractivity contribution is 6.02. The van der Waals surface area contributed by atoms with Crippen LogP contribution in [-0.2, 0) is 9.59 Å². The van der Waals surface area contributed by atoms with E-state index >= 15 is 0 Å². The molecule has 1 amide bonds. The van der Waals surface area contributed by atoms with Gasteiger partial charge in [-0.25, -0.2) is 8.78 Å². The maximum atomic E-state index is 13.1. The van der Waals surface area contributed by atoms with Crippen LogP contribution < -0.4 is 5.32 Å². The molecular formula is C14H15F2NO3. The van der Waals surface area contributed by atoms with Gasteiger partial charge in [-0.3, -0.25) is 9.59 Å². The summed E-state index contributed by atoms with van der Waals surface area (Å²) in [5, 5.41) is 11.7. The Hall–Kier alpha value is -1.98. The zero-order valence-electron chi connectivity index (χ0n) is 11.0. The first-order valence-corrected chi connectivity index (χ1v) is 6.36. The molecule has 1 atom stereocenters. The molecule has 0 aliphatic heterocycles. The Kier molecular flexibility index (Phi) is 3.74. The number of amides is 1. The second-order valence-electron chi connectivity index (χ2n) is 5.11. The molecule has 0 spiro atoms. The first-order valence-electron chi connectivity index (χ1n) is 6.36. The topological polar surface area (TPSA) is 66.4 Å². The van der Waals surface area contributed by atoms with Crippen LogP contribution in [0.4, 0.5) is 8.78 Å². The van der Waals surface area contributed by atoms with Crippen LogP contribution in [-0.4, -0.2) is 17.0 Å². The molecule has 1 unspecified atom stereocenters. The van der Waals surface area contributed by atoms with Crippen LogP contribution in [0.5, 0.6) is 0 Å². The lowest BCUT2D eigenvalue weighted by Gasteiger charge is -2.36. The van der Waals surface area contributed by atoms with E-state index in [2.05, 4.69) is 5.32 Å². The highest BCUT2D eigenvalue weighted by atomic mass is 19.2.